The van der Waals surface area contributed by atoms with E-state index in [1.807, 2.05) is 24.3 Å². The molecule has 1 N–H and O–H groups in total. The monoisotopic (exact) mass is 219 g/mol. The highest BCUT2D eigenvalue weighted by Gasteiger charge is 2.18. The summed E-state index contributed by atoms with van der Waals surface area (Å²) < 4.78 is 5.09. The molecule has 0 amide bonds. The Balaban J connectivity index is 1.94. The summed E-state index contributed by atoms with van der Waals surface area (Å²) in [6, 6.07) is 8.12. The molecule has 1 aliphatic carbocycles. The van der Waals surface area contributed by atoms with Gasteiger partial charge >= 0.3 is 0 Å². The average Bonchev–Trinajstić information content (AvgIpc) is 2.30. The van der Waals surface area contributed by atoms with E-state index < -0.39 is 0 Å². The number of nitrogens with one attached hydrogen (secondary N) is 1. The van der Waals surface area contributed by atoms with Gasteiger partial charge in [-0.25, -0.2) is 0 Å². The number of hydrogen-bond donors (Lipinski definition) is 1. The predicted molar refractivity (Wildman–Crippen MR) is 63.9 cm³/mol. The summed E-state index contributed by atoms with van der Waals surface area (Å²) in [6.07, 6.45) is 3.50. The molecule has 16 heavy (non-hydrogen) atoms. The second kappa shape index (κ2) is 5.01. The van der Waals surface area contributed by atoms with Gasteiger partial charge in [0.2, 0.25) is 0 Å². The Morgan fingerprint density at radius 3 is 2.69 bits per heavy atom. The molecule has 0 saturated heterocycles. The third kappa shape index (κ3) is 2.75. The minimum atomic E-state index is 0.301. The molecule has 0 radical (unpaired) electrons. The molecule has 2 rings (SSSR count). The molecule has 0 bridgehead atoms. The van der Waals surface area contributed by atoms with Crippen molar-refractivity contribution in [1.82, 2.24) is 0 Å². The molecule has 1 fully saturated rings. The molecule has 1 unspecified atom stereocenters. The van der Waals surface area contributed by atoms with Crippen LogP contribution in [0.3, 0.4) is 0 Å². The molecule has 0 spiro atoms. The molecule has 3 nitrogen and oxygen atoms in total. The number of methoxy groups -OCH3 is 1. The lowest BCUT2D eigenvalue weighted by Crippen LogP contribution is -2.27. The van der Waals surface area contributed by atoms with Gasteiger partial charge in [0.15, 0.2) is 0 Å². The van der Waals surface area contributed by atoms with Crippen LogP contribution >= 0.6 is 0 Å². The van der Waals surface area contributed by atoms with Crippen molar-refractivity contribution in [2.75, 3.05) is 12.4 Å². The van der Waals surface area contributed by atoms with Crippen LogP contribution in [-0.2, 0) is 4.79 Å². The SMILES string of the molecule is COc1ccc(NC2CCCC(=O)C2)cc1. The molecular formula is C13H17NO2. The largest absolute Gasteiger partial charge is 0.497 e. The van der Waals surface area contributed by atoms with Gasteiger partial charge in [-0.3, -0.25) is 4.79 Å². The number of carbonyl (C=O) groups is 1. The first-order chi connectivity index (χ1) is 7.78. The Hall–Kier alpha value is -1.51. The summed E-state index contributed by atoms with van der Waals surface area (Å²) in [7, 11) is 1.65. The van der Waals surface area contributed by atoms with Crippen molar-refractivity contribution >= 4 is 11.5 Å². The van der Waals surface area contributed by atoms with Crippen molar-refractivity contribution in [2.45, 2.75) is 31.7 Å². The number of Topliss-reactive ketones (excluding diaryl/α,β-unsaturated/α-hetero) is 1. The summed E-state index contributed by atoms with van der Waals surface area (Å²) in [5, 5.41) is 3.39. The first-order valence-electron chi connectivity index (χ1n) is 5.70. The molecule has 86 valence electrons. The van der Waals surface area contributed by atoms with E-state index in [1.54, 1.807) is 7.11 Å². The van der Waals surface area contributed by atoms with E-state index in [4.69, 9.17) is 4.74 Å². The van der Waals surface area contributed by atoms with Gasteiger partial charge in [0.1, 0.15) is 11.5 Å². The van der Waals surface area contributed by atoms with Crippen molar-refractivity contribution in [3.8, 4) is 5.75 Å². The number of anilines is 1. The van der Waals surface area contributed by atoms with Crippen LogP contribution in [-0.4, -0.2) is 18.9 Å². The van der Waals surface area contributed by atoms with Crippen LogP contribution in [0.15, 0.2) is 24.3 Å². The van der Waals surface area contributed by atoms with Crippen LogP contribution in [0.4, 0.5) is 5.69 Å². The lowest BCUT2D eigenvalue weighted by atomic mass is 9.94. The predicted octanol–water partition coefficient (Wildman–Crippen LogP) is 2.62. The zero-order chi connectivity index (χ0) is 11.4. The maximum Gasteiger partial charge on any atom is 0.134 e. The first kappa shape index (κ1) is 11.0. The molecule has 1 saturated carbocycles. The highest BCUT2D eigenvalue weighted by atomic mass is 16.5. The number of hydrogen-bond acceptors (Lipinski definition) is 3. The molecule has 0 aromatic heterocycles. The smallest absolute Gasteiger partial charge is 0.134 e. The van der Waals surface area contributed by atoms with Gasteiger partial charge in [-0.2, -0.15) is 0 Å². The van der Waals surface area contributed by atoms with E-state index in [1.165, 1.54) is 0 Å². The number of benzene rings is 1. The van der Waals surface area contributed by atoms with Crippen LogP contribution in [0.25, 0.3) is 0 Å². The van der Waals surface area contributed by atoms with Crippen molar-refractivity contribution in [3.63, 3.8) is 0 Å². The minimum absolute atomic E-state index is 0.301. The van der Waals surface area contributed by atoms with Crippen molar-refractivity contribution in [3.05, 3.63) is 24.3 Å². The molecule has 1 aromatic rings. The van der Waals surface area contributed by atoms with Gasteiger partial charge in [0, 0.05) is 24.6 Å². The second-order valence-electron chi connectivity index (χ2n) is 4.20. The average molecular weight is 219 g/mol. The van der Waals surface area contributed by atoms with Gasteiger partial charge in [-0.05, 0) is 37.1 Å². The molecule has 1 atom stereocenters. The fourth-order valence-electron chi connectivity index (χ4n) is 2.07. The van der Waals surface area contributed by atoms with Gasteiger partial charge in [0.05, 0.1) is 7.11 Å². The van der Waals surface area contributed by atoms with E-state index >= 15 is 0 Å². The third-order valence-electron chi connectivity index (χ3n) is 2.94. The normalized spacial score (nSPS) is 20.6. The first-order valence-corrected chi connectivity index (χ1v) is 5.70. The van der Waals surface area contributed by atoms with Crippen LogP contribution < -0.4 is 10.1 Å². The molecule has 0 heterocycles. The molecule has 1 aromatic carbocycles. The fraction of sp³-hybridized carbons (Fsp3) is 0.462. The Morgan fingerprint density at radius 2 is 2.06 bits per heavy atom. The number of rotatable bonds is 3. The van der Waals surface area contributed by atoms with Crippen LogP contribution in [0, 0.1) is 0 Å². The Bertz CT molecular complexity index is 359. The van der Waals surface area contributed by atoms with Crippen molar-refractivity contribution in [1.29, 1.82) is 0 Å². The quantitative estimate of drug-likeness (QED) is 0.849. The Morgan fingerprint density at radius 1 is 1.31 bits per heavy atom. The molecular weight excluding hydrogens is 202 g/mol. The highest BCUT2D eigenvalue weighted by molar-refractivity contribution is 5.80. The fourth-order valence-corrected chi connectivity index (χ4v) is 2.07. The second-order valence-corrected chi connectivity index (χ2v) is 4.20. The van der Waals surface area contributed by atoms with Gasteiger partial charge < -0.3 is 10.1 Å². The van der Waals surface area contributed by atoms with Crippen LogP contribution in [0.2, 0.25) is 0 Å². The Labute approximate surface area is 95.8 Å². The van der Waals surface area contributed by atoms with E-state index in [-0.39, 0.29) is 0 Å². The number of ether oxygens (including phenoxy) is 1. The molecule has 0 aliphatic heterocycles. The topological polar surface area (TPSA) is 38.3 Å². The zero-order valence-electron chi connectivity index (χ0n) is 9.53. The van der Waals surface area contributed by atoms with Crippen LogP contribution in [0.1, 0.15) is 25.7 Å². The maximum absolute atomic E-state index is 11.3. The third-order valence-corrected chi connectivity index (χ3v) is 2.94. The lowest BCUT2D eigenvalue weighted by molar-refractivity contribution is -0.120. The van der Waals surface area contributed by atoms with Gasteiger partial charge in [0.25, 0.3) is 0 Å². The number of carbonyl (C=O) groups excluding carboxylic acids is 1. The zero-order valence-corrected chi connectivity index (χ0v) is 9.53. The number of ketones is 1. The van der Waals surface area contributed by atoms with Gasteiger partial charge in [-0.1, -0.05) is 0 Å². The minimum Gasteiger partial charge on any atom is -0.497 e. The summed E-state index contributed by atoms with van der Waals surface area (Å²) in [5.74, 6) is 1.22. The molecule has 3 heteroatoms. The summed E-state index contributed by atoms with van der Waals surface area (Å²) >= 11 is 0. The van der Waals surface area contributed by atoms with Crippen molar-refractivity contribution < 1.29 is 9.53 Å². The maximum atomic E-state index is 11.3. The Kier molecular flexibility index (Phi) is 3.44. The van der Waals surface area contributed by atoms with E-state index in [0.29, 0.717) is 18.2 Å². The van der Waals surface area contributed by atoms with E-state index in [0.717, 1.165) is 30.7 Å². The summed E-state index contributed by atoms with van der Waals surface area (Å²) in [6.45, 7) is 0. The van der Waals surface area contributed by atoms with E-state index in [9.17, 15) is 4.79 Å². The standard InChI is InChI=1S/C13H17NO2/c1-16-13-7-5-10(6-8-13)14-11-3-2-4-12(15)9-11/h5-8,11,14H,2-4,9H2,1H3. The van der Waals surface area contributed by atoms with Crippen molar-refractivity contribution in [2.24, 2.45) is 0 Å². The summed E-state index contributed by atoms with van der Waals surface area (Å²) in [4.78, 5) is 11.3. The van der Waals surface area contributed by atoms with E-state index in [2.05, 4.69) is 5.32 Å². The summed E-state index contributed by atoms with van der Waals surface area (Å²) in [5.41, 5.74) is 1.06. The highest BCUT2D eigenvalue weighted by Crippen LogP contribution is 2.21. The van der Waals surface area contributed by atoms with Gasteiger partial charge in [-0.15, -0.1) is 0 Å². The lowest BCUT2D eigenvalue weighted by Gasteiger charge is -2.23. The molecule has 1 aliphatic rings. The van der Waals surface area contributed by atoms with Crippen LogP contribution in [0.5, 0.6) is 5.75 Å².